The van der Waals surface area contributed by atoms with Gasteiger partial charge in [-0.3, -0.25) is 9.69 Å². The maximum atomic E-state index is 12.8. The summed E-state index contributed by atoms with van der Waals surface area (Å²) in [6.45, 7) is 2.15. The topological polar surface area (TPSA) is 40.5 Å². The van der Waals surface area contributed by atoms with Crippen LogP contribution in [0.25, 0.3) is 0 Å². The van der Waals surface area contributed by atoms with E-state index < -0.39 is 5.97 Å². The highest BCUT2D eigenvalue weighted by atomic mass is 32.1. The first-order valence-electron chi connectivity index (χ1n) is 5.34. The SMILES string of the molecule is O=C(O)C1CCCN(Cc2ccc(F)s2)C1. The van der Waals surface area contributed by atoms with Crippen LogP contribution in [-0.4, -0.2) is 29.1 Å². The molecule has 0 radical (unpaired) electrons. The van der Waals surface area contributed by atoms with E-state index in [0.717, 1.165) is 35.6 Å². The van der Waals surface area contributed by atoms with Gasteiger partial charge in [0, 0.05) is 18.0 Å². The Bertz CT molecular complexity index is 380. The molecule has 3 nitrogen and oxygen atoms in total. The second-order valence-electron chi connectivity index (χ2n) is 4.12. The van der Waals surface area contributed by atoms with Crippen molar-refractivity contribution in [1.29, 1.82) is 0 Å². The molecule has 0 bridgehead atoms. The summed E-state index contributed by atoms with van der Waals surface area (Å²) in [5, 5.41) is 8.76. The number of carboxylic acid groups (broad SMARTS) is 1. The first kappa shape index (κ1) is 11.5. The Hall–Kier alpha value is -0.940. The number of thiophene rings is 1. The van der Waals surface area contributed by atoms with E-state index in [9.17, 15) is 9.18 Å². The van der Waals surface area contributed by atoms with Crippen LogP contribution in [0.3, 0.4) is 0 Å². The molecule has 1 aromatic heterocycles. The van der Waals surface area contributed by atoms with E-state index in [1.807, 2.05) is 0 Å². The Morgan fingerprint density at radius 3 is 3.06 bits per heavy atom. The lowest BCUT2D eigenvalue weighted by molar-refractivity contribution is -0.143. The van der Waals surface area contributed by atoms with Gasteiger partial charge >= 0.3 is 5.97 Å². The van der Waals surface area contributed by atoms with E-state index in [-0.39, 0.29) is 11.0 Å². The van der Waals surface area contributed by atoms with E-state index in [2.05, 4.69) is 4.90 Å². The molecule has 1 N–H and O–H groups in total. The van der Waals surface area contributed by atoms with Crippen molar-refractivity contribution in [3.05, 3.63) is 22.1 Å². The molecule has 1 aliphatic rings. The minimum atomic E-state index is -0.720. The number of halogens is 1. The molecular formula is C11H14FNO2S. The van der Waals surface area contributed by atoms with Gasteiger partial charge in [-0.15, -0.1) is 11.3 Å². The van der Waals surface area contributed by atoms with Gasteiger partial charge in [0.05, 0.1) is 5.92 Å². The molecule has 0 aliphatic carbocycles. The third kappa shape index (κ3) is 2.80. The molecule has 0 amide bonds. The summed E-state index contributed by atoms with van der Waals surface area (Å²) in [5.41, 5.74) is 0. The molecule has 2 rings (SSSR count). The number of piperidine rings is 1. The predicted molar refractivity (Wildman–Crippen MR) is 59.9 cm³/mol. The summed E-state index contributed by atoms with van der Waals surface area (Å²) in [6.07, 6.45) is 1.66. The van der Waals surface area contributed by atoms with E-state index in [1.165, 1.54) is 6.07 Å². The summed E-state index contributed by atoms with van der Waals surface area (Å²) in [7, 11) is 0. The Morgan fingerprint density at radius 2 is 2.44 bits per heavy atom. The molecule has 0 spiro atoms. The van der Waals surface area contributed by atoms with E-state index in [1.54, 1.807) is 6.07 Å². The number of carbonyl (C=O) groups is 1. The summed E-state index contributed by atoms with van der Waals surface area (Å²) in [6, 6.07) is 3.23. The molecule has 0 aromatic carbocycles. The van der Waals surface area contributed by atoms with Crippen LogP contribution in [0.1, 0.15) is 17.7 Å². The molecule has 0 saturated carbocycles. The highest BCUT2D eigenvalue weighted by Crippen LogP contribution is 2.21. The van der Waals surface area contributed by atoms with Crippen molar-refractivity contribution >= 4 is 17.3 Å². The third-order valence-corrected chi connectivity index (χ3v) is 3.72. The quantitative estimate of drug-likeness (QED) is 0.884. The van der Waals surface area contributed by atoms with Crippen LogP contribution in [0.4, 0.5) is 4.39 Å². The number of aliphatic carboxylic acids is 1. The van der Waals surface area contributed by atoms with Crippen LogP contribution < -0.4 is 0 Å². The van der Waals surface area contributed by atoms with Crippen molar-refractivity contribution in [2.75, 3.05) is 13.1 Å². The van der Waals surface area contributed by atoms with Crippen LogP contribution in [0, 0.1) is 11.0 Å². The number of rotatable bonds is 3. The molecule has 88 valence electrons. The lowest BCUT2D eigenvalue weighted by Gasteiger charge is -2.30. The highest BCUT2D eigenvalue weighted by molar-refractivity contribution is 7.10. The van der Waals surface area contributed by atoms with Gasteiger partial charge in [-0.1, -0.05) is 0 Å². The van der Waals surface area contributed by atoms with Gasteiger partial charge in [-0.25, -0.2) is 0 Å². The Labute approximate surface area is 97.5 Å². The predicted octanol–water partition coefficient (Wildman–Crippen LogP) is 2.18. The number of nitrogens with zero attached hydrogens (tertiary/aromatic N) is 1. The summed E-state index contributed by atoms with van der Waals surface area (Å²) in [5.74, 6) is -0.986. The van der Waals surface area contributed by atoms with Crippen LogP contribution in [0.15, 0.2) is 12.1 Å². The van der Waals surface area contributed by atoms with Crippen molar-refractivity contribution in [3.63, 3.8) is 0 Å². The smallest absolute Gasteiger partial charge is 0.307 e. The standard InChI is InChI=1S/C11H14FNO2S/c12-10-4-3-9(16-10)7-13-5-1-2-8(6-13)11(14)15/h3-4,8H,1-2,5-7H2,(H,14,15). The summed E-state index contributed by atoms with van der Waals surface area (Å²) in [4.78, 5) is 13.9. The first-order chi connectivity index (χ1) is 7.65. The fourth-order valence-corrected chi connectivity index (χ4v) is 2.83. The first-order valence-corrected chi connectivity index (χ1v) is 6.16. The van der Waals surface area contributed by atoms with Crippen molar-refractivity contribution in [2.24, 2.45) is 5.92 Å². The zero-order valence-corrected chi connectivity index (χ0v) is 9.67. The Morgan fingerprint density at radius 1 is 1.62 bits per heavy atom. The molecule has 5 heteroatoms. The second-order valence-corrected chi connectivity index (χ2v) is 5.24. The maximum absolute atomic E-state index is 12.8. The van der Waals surface area contributed by atoms with Crippen LogP contribution in [0.5, 0.6) is 0 Å². The van der Waals surface area contributed by atoms with Gasteiger partial charge in [0.25, 0.3) is 0 Å². The molecule has 1 unspecified atom stereocenters. The molecule has 1 fully saturated rings. The molecule has 1 aliphatic heterocycles. The van der Waals surface area contributed by atoms with Gasteiger partial charge in [-0.2, -0.15) is 4.39 Å². The van der Waals surface area contributed by atoms with Gasteiger partial charge in [0.15, 0.2) is 5.13 Å². The number of hydrogen-bond acceptors (Lipinski definition) is 3. The normalized spacial score (nSPS) is 22.2. The van der Waals surface area contributed by atoms with Crippen LogP contribution in [0.2, 0.25) is 0 Å². The molecule has 1 saturated heterocycles. The van der Waals surface area contributed by atoms with Crippen LogP contribution in [-0.2, 0) is 11.3 Å². The van der Waals surface area contributed by atoms with Gasteiger partial charge < -0.3 is 5.11 Å². The van der Waals surface area contributed by atoms with Crippen molar-refractivity contribution in [2.45, 2.75) is 19.4 Å². The largest absolute Gasteiger partial charge is 0.481 e. The summed E-state index contributed by atoms with van der Waals surface area (Å²) < 4.78 is 12.8. The van der Waals surface area contributed by atoms with Gasteiger partial charge in [0.1, 0.15) is 0 Å². The zero-order chi connectivity index (χ0) is 11.5. The minimum absolute atomic E-state index is 0.179. The molecule has 16 heavy (non-hydrogen) atoms. The fraction of sp³-hybridized carbons (Fsp3) is 0.545. The molecule has 2 heterocycles. The fourth-order valence-electron chi connectivity index (χ4n) is 2.06. The van der Waals surface area contributed by atoms with Crippen molar-refractivity contribution in [1.82, 2.24) is 4.90 Å². The van der Waals surface area contributed by atoms with Gasteiger partial charge in [-0.05, 0) is 31.5 Å². The Balaban J connectivity index is 1.92. The lowest BCUT2D eigenvalue weighted by atomic mass is 9.98. The minimum Gasteiger partial charge on any atom is -0.481 e. The third-order valence-electron chi connectivity index (χ3n) is 2.86. The molecule has 1 atom stereocenters. The Kier molecular flexibility index (Phi) is 3.56. The van der Waals surface area contributed by atoms with E-state index in [0.29, 0.717) is 13.1 Å². The molecular weight excluding hydrogens is 229 g/mol. The monoisotopic (exact) mass is 243 g/mol. The molecule has 1 aromatic rings. The van der Waals surface area contributed by atoms with Crippen LogP contribution >= 0.6 is 11.3 Å². The summed E-state index contributed by atoms with van der Waals surface area (Å²) >= 11 is 1.14. The number of carboxylic acids is 1. The maximum Gasteiger partial charge on any atom is 0.307 e. The lowest BCUT2D eigenvalue weighted by Crippen LogP contribution is -2.37. The van der Waals surface area contributed by atoms with Crippen molar-refractivity contribution < 1.29 is 14.3 Å². The van der Waals surface area contributed by atoms with E-state index >= 15 is 0 Å². The van der Waals surface area contributed by atoms with Gasteiger partial charge in [0.2, 0.25) is 0 Å². The highest BCUT2D eigenvalue weighted by Gasteiger charge is 2.25. The number of likely N-dealkylation sites (tertiary alicyclic amines) is 1. The number of hydrogen-bond donors (Lipinski definition) is 1. The van der Waals surface area contributed by atoms with Crippen molar-refractivity contribution in [3.8, 4) is 0 Å². The average molecular weight is 243 g/mol. The van der Waals surface area contributed by atoms with E-state index in [4.69, 9.17) is 5.11 Å². The zero-order valence-electron chi connectivity index (χ0n) is 8.86. The average Bonchev–Trinajstić information content (AvgIpc) is 2.64. The second kappa shape index (κ2) is 4.93.